The van der Waals surface area contributed by atoms with Crippen LogP contribution in [0.4, 0.5) is 0 Å². The van der Waals surface area contributed by atoms with Crippen LogP contribution in [0.5, 0.6) is 0 Å². The number of aromatic amines is 1. The lowest BCUT2D eigenvalue weighted by Gasteiger charge is -2.10. The van der Waals surface area contributed by atoms with Gasteiger partial charge < -0.3 is 5.32 Å². The van der Waals surface area contributed by atoms with E-state index in [0.717, 1.165) is 29.3 Å². The number of hydrogen-bond donors (Lipinski definition) is 2. The molecule has 1 atom stereocenters. The number of nitrogens with zero attached hydrogens (tertiary/aromatic N) is 2. The van der Waals surface area contributed by atoms with Crippen LogP contribution in [0.25, 0.3) is 0 Å². The third-order valence-electron chi connectivity index (χ3n) is 2.41. The van der Waals surface area contributed by atoms with Crippen molar-refractivity contribution in [2.24, 2.45) is 5.92 Å². The van der Waals surface area contributed by atoms with Gasteiger partial charge >= 0.3 is 0 Å². The summed E-state index contributed by atoms with van der Waals surface area (Å²) in [6, 6.07) is 0.809. The van der Waals surface area contributed by atoms with Crippen molar-refractivity contribution in [3.8, 4) is 0 Å². The van der Waals surface area contributed by atoms with Gasteiger partial charge in [0, 0.05) is 11.8 Å². The minimum Gasteiger partial charge on any atom is -0.314 e. The molecule has 2 rings (SSSR count). The first-order chi connectivity index (χ1) is 7.24. The summed E-state index contributed by atoms with van der Waals surface area (Å²) in [6.07, 6.45) is 2.72. The molecular weight excluding hydrogens is 208 g/mol. The number of H-pyrrole nitrogens is 1. The normalized spacial score (nSPS) is 18.0. The molecule has 0 bridgehead atoms. The smallest absolute Gasteiger partial charge is 0.208 e. The SMILES string of the molecule is Cc1nc(SCC(C)CNC2CC2)n[nH]1. The first-order valence-corrected chi connectivity index (χ1v) is 6.48. The van der Waals surface area contributed by atoms with Gasteiger partial charge in [-0.3, -0.25) is 5.10 Å². The Hall–Kier alpha value is -0.550. The Kier molecular flexibility index (Phi) is 3.64. The highest BCUT2D eigenvalue weighted by Gasteiger charge is 2.20. The first kappa shape index (κ1) is 11.0. The van der Waals surface area contributed by atoms with E-state index in [1.807, 2.05) is 6.92 Å². The van der Waals surface area contributed by atoms with Gasteiger partial charge in [-0.2, -0.15) is 0 Å². The lowest BCUT2D eigenvalue weighted by atomic mass is 10.2. The van der Waals surface area contributed by atoms with Crippen molar-refractivity contribution in [2.45, 2.75) is 37.9 Å². The topological polar surface area (TPSA) is 53.6 Å². The van der Waals surface area contributed by atoms with E-state index >= 15 is 0 Å². The van der Waals surface area contributed by atoms with E-state index < -0.39 is 0 Å². The summed E-state index contributed by atoms with van der Waals surface area (Å²) in [5.41, 5.74) is 0. The van der Waals surface area contributed by atoms with Gasteiger partial charge in [0.15, 0.2) is 0 Å². The van der Waals surface area contributed by atoms with Crippen LogP contribution >= 0.6 is 11.8 Å². The minimum atomic E-state index is 0.675. The summed E-state index contributed by atoms with van der Waals surface area (Å²) in [4.78, 5) is 4.27. The lowest BCUT2D eigenvalue weighted by molar-refractivity contribution is 0.556. The monoisotopic (exact) mass is 226 g/mol. The molecule has 1 fully saturated rings. The van der Waals surface area contributed by atoms with Crippen LogP contribution in [0.3, 0.4) is 0 Å². The Bertz CT molecular complexity index is 308. The fraction of sp³-hybridized carbons (Fsp3) is 0.800. The van der Waals surface area contributed by atoms with Crippen LogP contribution in [0.15, 0.2) is 5.16 Å². The molecule has 1 aromatic heterocycles. The molecule has 1 unspecified atom stereocenters. The van der Waals surface area contributed by atoms with Gasteiger partial charge in [0.05, 0.1) is 0 Å². The molecule has 0 saturated heterocycles. The number of nitrogens with one attached hydrogen (secondary N) is 2. The second-order valence-electron chi connectivity index (χ2n) is 4.30. The first-order valence-electron chi connectivity index (χ1n) is 5.49. The minimum absolute atomic E-state index is 0.675. The number of hydrogen-bond acceptors (Lipinski definition) is 4. The zero-order valence-electron chi connectivity index (χ0n) is 9.29. The maximum Gasteiger partial charge on any atom is 0.208 e. The highest BCUT2D eigenvalue weighted by molar-refractivity contribution is 7.99. The number of rotatable bonds is 6. The number of aryl methyl sites for hydroxylation is 1. The van der Waals surface area contributed by atoms with Crippen molar-refractivity contribution in [3.05, 3.63) is 5.82 Å². The summed E-state index contributed by atoms with van der Waals surface area (Å²) in [5, 5.41) is 11.4. The zero-order valence-corrected chi connectivity index (χ0v) is 10.1. The molecule has 4 nitrogen and oxygen atoms in total. The van der Waals surface area contributed by atoms with E-state index in [2.05, 4.69) is 27.4 Å². The van der Waals surface area contributed by atoms with Gasteiger partial charge in [0.2, 0.25) is 5.16 Å². The van der Waals surface area contributed by atoms with Crippen molar-refractivity contribution in [2.75, 3.05) is 12.3 Å². The second kappa shape index (κ2) is 4.99. The molecule has 0 aliphatic heterocycles. The van der Waals surface area contributed by atoms with Crippen LogP contribution in [0.2, 0.25) is 0 Å². The molecule has 15 heavy (non-hydrogen) atoms. The van der Waals surface area contributed by atoms with Crippen LogP contribution in [0, 0.1) is 12.8 Å². The Morgan fingerprint density at radius 2 is 2.40 bits per heavy atom. The van der Waals surface area contributed by atoms with Crippen LogP contribution in [-0.2, 0) is 0 Å². The molecule has 1 saturated carbocycles. The molecule has 0 radical (unpaired) electrons. The van der Waals surface area contributed by atoms with Gasteiger partial charge in [0.25, 0.3) is 0 Å². The summed E-state index contributed by atoms with van der Waals surface area (Å²) in [5.74, 6) is 2.65. The molecule has 0 amide bonds. The quantitative estimate of drug-likeness (QED) is 0.723. The Balaban J connectivity index is 1.63. The standard InChI is InChI=1S/C10H18N4S/c1-7(5-11-9-3-4-9)6-15-10-12-8(2)13-14-10/h7,9,11H,3-6H2,1-2H3,(H,12,13,14). The third-order valence-corrected chi connectivity index (χ3v) is 3.58. The lowest BCUT2D eigenvalue weighted by Crippen LogP contribution is -2.24. The van der Waals surface area contributed by atoms with E-state index in [4.69, 9.17) is 0 Å². The summed E-state index contributed by atoms with van der Waals surface area (Å²) in [6.45, 7) is 5.30. The fourth-order valence-corrected chi connectivity index (χ4v) is 2.18. The van der Waals surface area contributed by atoms with E-state index in [-0.39, 0.29) is 0 Å². The predicted molar refractivity (Wildman–Crippen MR) is 62.0 cm³/mol. The molecule has 84 valence electrons. The second-order valence-corrected chi connectivity index (χ2v) is 5.29. The molecule has 0 aromatic carbocycles. The zero-order chi connectivity index (χ0) is 10.7. The van der Waals surface area contributed by atoms with Gasteiger partial charge in [-0.05, 0) is 32.2 Å². The van der Waals surface area contributed by atoms with E-state index in [9.17, 15) is 0 Å². The van der Waals surface area contributed by atoms with Crippen molar-refractivity contribution in [1.29, 1.82) is 0 Å². The molecule has 1 heterocycles. The summed E-state index contributed by atoms with van der Waals surface area (Å²) < 4.78 is 0. The Morgan fingerprint density at radius 3 is 3.00 bits per heavy atom. The Labute approximate surface area is 94.6 Å². The highest BCUT2D eigenvalue weighted by Crippen LogP contribution is 2.20. The van der Waals surface area contributed by atoms with Crippen molar-refractivity contribution >= 4 is 11.8 Å². The van der Waals surface area contributed by atoms with Crippen molar-refractivity contribution in [1.82, 2.24) is 20.5 Å². The summed E-state index contributed by atoms with van der Waals surface area (Å²) in [7, 11) is 0. The molecule has 5 heteroatoms. The van der Waals surface area contributed by atoms with Crippen LogP contribution in [0.1, 0.15) is 25.6 Å². The maximum absolute atomic E-state index is 4.27. The van der Waals surface area contributed by atoms with Crippen LogP contribution in [-0.4, -0.2) is 33.5 Å². The van der Waals surface area contributed by atoms with Gasteiger partial charge in [-0.1, -0.05) is 18.7 Å². The van der Waals surface area contributed by atoms with Crippen LogP contribution < -0.4 is 5.32 Å². The third kappa shape index (κ3) is 3.83. The molecular formula is C10H18N4S. The van der Waals surface area contributed by atoms with Gasteiger partial charge in [-0.15, -0.1) is 5.10 Å². The van der Waals surface area contributed by atoms with Crippen molar-refractivity contribution in [3.63, 3.8) is 0 Å². The van der Waals surface area contributed by atoms with E-state index in [0.29, 0.717) is 5.92 Å². The van der Waals surface area contributed by atoms with Gasteiger partial charge in [-0.25, -0.2) is 4.98 Å². The van der Waals surface area contributed by atoms with E-state index in [1.165, 1.54) is 12.8 Å². The van der Waals surface area contributed by atoms with E-state index in [1.54, 1.807) is 11.8 Å². The van der Waals surface area contributed by atoms with Crippen molar-refractivity contribution < 1.29 is 0 Å². The Morgan fingerprint density at radius 1 is 1.60 bits per heavy atom. The average molecular weight is 226 g/mol. The van der Waals surface area contributed by atoms with Gasteiger partial charge in [0.1, 0.15) is 5.82 Å². The highest BCUT2D eigenvalue weighted by atomic mass is 32.2. The molecule has 1 aliphatic rings. The summed E-state index contributed by atoms with van der Waals surface area (Å²) >= 11 is 1.73. The number of thioether (sulfide) groups is 1. The average Bonchev–Trinajstić information content (AvgIpc) is 2.95. The predicted octanol–water partition coefficient (Wildman–Crippen LogP) is 1.59. The fourth-order valence-electron chi connectivity index (χ4n) is 1.32. The number of aromatic nitrogens is 3. The largest absolute Gasteiger partial charge is 0.314 e. The molecule has 1 aliphatic carbocycles. The molecule has 2 N–H and O–H groups in total. The maximum atomic E-state index is 4.27. The molecule has 0 spiro atoms. The molecule has 1 aromatic rings.